The van der Waals surface area contributed by atoms with E-state index in [-0.39, 0.29) is 29.3 Å². The molecule has 1 unspecified atom stereocenters. The van der Waals surface area contributed by atoms with Crippen LogP contribution in [-0.4, -0.2) is 54.5 Å². The summed E-state index contributed by atoms with van der Waals surface area (Å²) in [6, 6.07) is 0.200. The van der Waals surface area contributed by atoms with Gasteiger partial charge in [-0.25, -0.2) is 4.79 Å². The number of likely N-dealkylation sites (tertiary alicyclic amines) is 1. The summed E-state index contributed by atoms with van der Waals surface area (Å²) in [5.41, 5.74) is -0.600. The Morgan fingerprint density at radius 3 is 2.50 bits per heavy atom. The van der Waals surface area contributed by atoms with Crippen molar-refractivity contribution >= 4 is 6.03 Å². The van der Waals surface area contributed by atoms with Crippen molar-refractivity contribution in [3.05, 3.63) is 0 Å². The van der Waals surface area contributed by atoms with Crippen molar-refractivity contribution < 1.29 is 14.3 Å². The van der Waals surface area contributed by atoms with E-state index in [4.69, 9.17) is 9.47 Å². The molecule has 0 radical (unpaired) electrons. The molecule has 0 aromatic heterocycles. The van der Waals surface area contributed by atoms with E-state index in [1.165, 1.54) is 0 Å². The summed E-state index contributed by atoms with van der Waals surface area (Å²) in [7, 11) is 1.68. The maximum Gasteiger partial charge on any atom is 0.318 e. The van der Waals surface area contributed by atoms with E-state index >= 15 is 0 Å². The smallest absolute Gasteiger partial charge is 0.318 e. The SMILES string of the molecule is COCC1CCCN1C(=O)NC(C)(C)CC(C)(C)OC(C)C. The molecule has 1 aliphatic rings. The van der Waals surface area contributed by atoms with Crippen LogP contribution in [0.25, 0.3) is 0 Å². The minimum Gasteiger partial charge on any atom is -0.383 e. The standard InChI is InChI=1S/C17H34N2O3/c1-13(2)22-17(5,6)12-16(3,4)18-15(20)19-10-8-9-14(19)11-21-7/h13-14H,8-12H2,1-7H3,(H,18,20). The summed E-state index contributed by atoms with van der Waals surface area (Å²) in [5, 5.41) is 3.17. The Morgan fingerprint density at radius 2 is 1.95 bits per heavy atom. The molecule has 0 saturated carbocycles. The van der Waals surface area contributed by atoms with Gasteiger partial charge in [0.1, 0.15) is 0 Å². The van der Waals surface area contributed by atoms with E-state index in [0.717, 1.165) is 25.8 Å². The van der Waals surface area contributed by atoms with Gasteiger partial charge in [-0.3, -0.25) is 0 Å². The van der Waals surface area contributed by atoms with E-state index in [1.54, 1.807) is 7.11 Å². The Balaban J connectivity index is 2.61. The average Bonchev–Trinajstić information content (AvgIpc) is 2.73. The summed E-state index contributed by atoms with van der Waals surface area (Å²) < 4.78 is 11.2. The fourth-order valence-electron chi connectivity index (χ4n) is 3.62. The highest BCUT2D eigenvalue weighted by Gasteiger charge is 2.35. The van der Waals surface area contributed by atoms with Gasteiger partial charge >= 0.3 is 6.03 Å². The number of ether oxygens (including phenoxy) is 2. The van der Waals surface area contributed by atoms with Crippen LogP contribution in [0.4, 0.5) is 4.79 Å². The molecule has 1 heterocycles. The second-order valence-corrected chi connectivity index (χ2v) is 7.86. The number of urea groups is 1. The van der Waals surface area contributed by atoms with Crippen LogP contribution in [0.5, 0.6) is 0 Å². The predicted molar refractivity (Wildman–Crippen MR) is 89.1 cm³/mol. The van der Waals surface area contributed by atoms with Crippen molar-refractivity contribution in [2.45, 2.75) is 84.1 Å². The van der Waals surface area contributed by atoms with E-state index < -0.39 is 0 Å². The number of methoxy groups -OCH3 is 1. The molecule has 1 aliphatic heterocycles. The Bertz CT molecular complexity index is 367. The van der Waals surface area contributed by atoms with E-state index in [2.05, 4.69) is 33.0 Å². The monoisotopic (exact) mass is 314 g/mol. The van der Waals surface area contributed by atoms with Gasteiger partial charge in [-0.1, -0.05) is 0 Å². The molecular weight excluding hydrogens is 280 g/mol. The van der Waals surface area contributed by atoms with Gasteiger partial charge in [0.2, 0.25) is 0 Å². The molecule has 5 nitrogen and oxygen atoms in total. The molecule has 0 bridgehead atoms. The first-order chi connectivity index (χ1) is 10.1. The largest absolute Gasteiger partial charge is 0.383 e. The van der Waals surface area contributed by atoms with Crippen molar-refractivity contribution in [3.63, 3.8) is 0 Å². The third-order valence-corrected chi connectivity index (χ3v) is 3.86. The predicted octanol–water partition coefficient (Wildman–Crippen LogP) is 3.18. The average molecular weight is 314 g/mol. The number of carbonyl (C=O) groups is 1. The van der Waals surface area contributed by atoms with Crippen LogP contribution in [0, 0.1) is 0 Å². The van der Waals surface area contributed by atoms with Gasteiger partial charge in [-0.05, 0) is 60.8 Å². The fraction of sp³-hybridized carbons (Fsp3) is 0.941. The number of carbonyl (C=O) groups excluding carboxylic acids is 1. The van der Waals surface area contributed by atoms with Gasteiger partial charge in [0.25, 0.3) is 0 Å². The van der Waals surface area contributed by atoms with Gasteiger partial charge in [0.05, 0.1) is 24.4 Å². The molecule has 1 fully saturated rings. The van der Waals surface area contributed by atoms with E-state index in [1.807, 2.05) is 18.7 Å². The van der Waals surface area contributed by atoms with Crippen molar-refractivity contribution in [3.8, 4) is 0 Å². The van der Waals surface area contributed by atoms with Crippen molar-refractivity contribution in [2.75, 3.05) is 20.3 Å². The van der Waals surface area contributed by atoms with Crippen LogP contribution >= 0.6 is 0 Å². The maximum absolute atomic E-state index is 12.6. The lowest BCUT2D eigenvalue weighted by Crippen LogP contribution is -2.54. The first-order valence-electron chi connectivity index (χ1n) is 8.32. The molecule has 2 amide bonds. The highest BCUT2D eigenvalue weighted by molar-refractivity contribution is 5.75. The molecule has 1 rings (SSSR count). The molecule has 0 spiro atoms. The zero-order valence-corrected chi connectivity index (χ0v) is 15.4. The second kappa shape index (κ2) is 7.64. The number of hydrogen-bond donors (Lipinski definition) is 1. The van der Waals surface area contributed by atoms with Crippen molar-refractivity contribution in [2.24, 2.45) is 0 Å². The van der Waals surface area contributed by atoms with Crippen LogP contribution in [0.2, 0.25) is 0 Å². The summed E-state index contributed by atoms with van der Waals surface area (Å²) in [6.07, 6.45) is 2.99. The highest BCUT2D eigenvalue weighted by atomic mass is 16.5. The van der Waals surface area contributed by atoms with Gasteiger partial charge in [0, 0.05) is 19.2 Å². The lowest BCUT2D eigenvalue weighted by molar-refractivity contribution is -0.0713. The van der Waals surface area contributed by atoms with E-state index in [0.29, 0.717) is 6.61 Å². The lowest BCUT2D eigenvalue weighted by Gasteiger charge is -2.38. The van der Waals surface area contributed by atoms with E-state index in [9.17, 15) is 4.79 Å². The van der Waals surface area contributed by atoms with Crippen LogP contribution in [0.15, 0.2) is 0 Å². The fourth-order valence-corrected chi connectivity index (χ4v) is 3.62. The molecule has 1 saturated heterocycles. The Kier molecular flexibility index (Phi) is 6.68. The van der Waals surface area contributed by atoms with Gasteiger partial charge in [0.15, 0.2) is 0 Å². The lowest BCUT2D eigenvalue weighted by atomic mass is 9.89. The van der Waals surface area contributed by atoms with Gasteiger partial charge < -0.3 is 19.7 Å². The summed E-state index contributed by atoms with van der Waals surface area (Å²) in [4.78, 5) is 14.5. The third-order valence-electron chi connectivity index (χ3n) is 3.86. The van der Waals surface area contributed by atoms with Crippen LogP contribution < -0.4 is 5.32 Å². The number of rotatable bonds is 7. The molecule has 0 aliphatic carbocycles. The quantitative estimate of drug-likeness (QED) is 0.785. The summed E-state index contributed by atoms with van der Waals surface area (Å²) in [5.74, 6) is 0. The minimum atomic E-state index is -0.324. The summed E-state index contributed by atoms with van der Waals surface area (Å²) >= 11 is 0. The first kappa shape index (κ1) is 19.2. The Morgan fingerprint density at radius 1 is 1.32 bits per heavy atom. The Hall–Kier alpha value is -0.810. The van der Waals surface area contributed by atoms with Crippen molar-refractivity contribution in [1.29, 1.82) is 0 Å². The highest BCUT2D eigenvalue weighted by Crippen LogP contribution is 2.26. The molecular formula is C17H34N2O3. The first-order valence-corrected chi connectivity index (χ1v) is 8.32. The van der Waals surface area contributed by atoms with Gasteiger partial charge in [-0.2, -0.15) is 0 Å². The maximum atomic E-state index is 12.6. The van der Waals surface area contributed by atoms with Gasteiger partial charge in [-0.15, -0.1) is 0 Å². The Labute approximate surface area is 135 Å². The zero-order chi connectivity index (χ0) is 17.0. The molecule has 130 valence electrons. The number of nitrogens with one attached hydrogen (secondary N) is 1. The van der Waals surface area contributed by atoms with Crippen LogP contribution in [0.3, 0.4) is 0 Å². The van der Waals surface area contributed by atoms with Crippen LogP contribution in [0.1, 0.15) is 60.8 Å². The second-order valence-electron chi connectivity index (χ2n) is 7.86. The molecule has 1 atom stereocenters. The van der Waals surface area contributed by atoms with Crippen LogP contribution in [-0.2, 0) is 9.47 Å². The molecule has 22 heavy (non-hydrogen) atoms. The number of nitrogens with zero attached hydrogens (tertiary/aromatic N) is 1. The minimum absolute atomic E-state index is 0.00453. The zero-order valence-electron chi connectivity index (χ0n) is 15.4. The molecule has 0 aromatic carbocycles. The van der Waals surface area contributed by atoms with Crippen molar-refractivity contribution in [1.82, 2.24) is 10.2 Å². The normalized spacial score (nSPS) is 19.8. The number of amides is 2. The third kappa shape index (κ3) is 6.13. The summed E-state index contributed by atoms with van der Waals surface area (Å²) in [6.45, 7) is 13.7. The molecule has 5 heteroatoms. The molecule has 0 aromatic rings. The topological polar surface area (TPSA) is 50.8 Å². The number of hydrogen-bond acceptors (Lipinski definition) is 3. The molecule has 1 N–H and O–H groups in total.